The Bertz CT molecular complexity index is 880. The first-order valence-corrected chi connectivity index (χ1v) is 9.72. The zero-order valence-corrected chi connectivity index (χ0v) is 15.9. The lowest BCUT2D eigenvalue weighted by Gasteiger charge is -2.33. The van der Waals surface area contributed by atoms with Gasteiger partial charge in [0, 0.05) is 0 Å². The van der Waals surface area contributed by atoms with Crippen molar-refractivity contribution < 1.29 is 19.1 Å². The number of fused-ring (bicyclic) bond motifs is 2. The van der Waals surface area contributed by atoms with Crippen LogP contribution in [0.5, 0.6) is 11.5 Å². The predicted octanol–water partition coefficient (Wildman–Crippen LogP) is 3.25. The molecular weight excluding hydrogens is 356 g/mol. The zero-order valence-electron chi connectivity index (χ0n) is 15.9. The fourth-order valence-electron chi connectivity index (χ4n) is 4.07. The SMILES string of the molecule is CCOc1ccc(OCCN2C(=O)N[C@@]3(CCCc4ccccc43)C2=O)cc1. The smallest absolute Gasteiger partial charge is 0.325 e. The van der Waals surface area contributed by atoms with Crippen LogP contribution in [0.4, 0.5) is 4.79 Å². The third-order valence-corrected chi connectivity index (χ3v) is 5.37. The summed E-state index contributed by atoms with van der Waals surface area (Å²) < 4.78 is 11.1. The van der Waals surface area contributed by atoms with Crippen LogP contribution >= 0.6 is 0 Å². The molecule has 0 radical (unpaired) electrons. The molecule has 1 aliphatic carbocycles. The maximum atomic E-state index is 13.2. The van der Waals surface area contributed by atoms with Crippen molar-refractivity contribution in [2.75, 3.05) is 19.8 Å². The first-order valence-electron chi connectivity index (χ1n) is 9.72. The zero-order chi connectivity index (χ0) is 19.6. The van der Waals surface area contributed by atoms with Gasteiger partial charge in [-0.15, -0.1) is 0 Å². The minimum absolute atomic E-state index is 0.181. The predicted molar refractivity (Wildman–Crippen MR) is 104 cm³/mol. The Balaban J connectivity index is 1.43. The summed E-state index contributed by atoms with van der Waals surface area (Å²) in [5.74, 6) is 1.27. The second-order valence-electron chi connectivity index (χ2n) is 7.06. The van der Waals surface area contributed by atoms with E-state index in [1.165, 1.54) is 4.90 Å². The number of ether oxygens (including phenoxy) is 2. The standard InChI is InChI=1S/C22H24N2O4/c1-2-27-17-9-11-18(12-10-17)28-15-14-24-20(25)22(23-21(24)26)13-5-7-16-6-3-4-8-19(16)22/h3-4,6,8-12H,2,5,7,13-15H2,1H3,(H,23,26)/t22-/m1/s1. The largest absolute Gasteiger partial charge is 0.494 e. The second kappa shape index (κ2) is 7.54. The van der Waals surface area contributed by atoms with E-state index in [0.717, 1.165) is 29.7 Å². The molecule has 1 aliphatic heterocycles. The average Bonchev–Trinajstić information content (AvgIpc) is 2.94. The van der Waals surface area contributed by atoms with Gasteiger partial charge in [-0.2, -0.15) is 0 Å². The van der Waals surface area contributed by atoms with E-state index in [4.69, 9.17) is 9.47 Å². The number of carbonyl (C=O) groups is 2. The molecule has 1 N–H and O–H groups in total. The van der Waals surface area contributed by atoms with E-state index in [1.807, 2.05) is 55.5 Å². The molecule has 4 rings (SSSR count). The summed E-state index contributed by atoms with van der Waals surface area (Å²) in [6, 6.07) is 14.8. The molecule has 1 spiro atoms. The first kappa shape index (κ1) is 18.3. The third kappa shape index (κ3) is 3.19. The minimum atomic E-state index is -0.926. The van der Waals surface area contributed by atoms with E-state index in [1.54, 1.807) is 0 Å². The highest BCUT2D eigenvalue weighted by Crippen LogP contribution is 2.39. The number of hydrogen-bond acceptors (Lipinski definition) is 4. The van der Waals surface area contributed by atoms with Gasteiger partial charge < -0.3 is 14.8 Å². The molecule has 1 saturated heterocycles. The van der Waals surface area contributed by atoms with Gasteiger partial charge in [0.15, 0.2) is 0 Å². The maximum Gasteiger partial charge on any atom is 0.325 e. The first-order chi connectivity index (χ1) is 13.6. The molecule has 2 aromatic rings. The highest BCUT2D eigenvalue weighted by molar-refractivity contribution is 6.07. The van der Waals surface area contributed by atoms with Crippen LogP contribution in [0.15, 0.2) is 48.5 Å². The van der Waals surface area contributed by atoms with Gasteiger partial charge in [0.05, 0.1) is 13.2 Å². The number of amides is 3. The number of nitrogens with one attached hydrogen (secondary N) is 1. The second-order valence-corrected chi connectivity index (χ2v) is 7.06. The molecule has 0 bridgehead atoms. The van der Waals surface area contributed by atoms with Gasteiger partial charge in [-0.3, -0.25) is 9.69 Å². The number of rotatable bonds is 6. The number of imide groups is 1. The van der Waals surface area contributed by atoms with Crippen LogP contribution in [0, 0.1) is 0 Å². The maximum absolute atomic E-state index is 13.2. The molecule has 1 fully saturated rings. The molecule has 6 nitrogen and oxygen atoms in total. The van der Waals surface area contributed by atoms with Crippen molar-refractivity contribution in [3.05, 3.63) is 59.7 Å². The summed E-state index contributed by atoms with van der Waals surface area (Å²) in [6.45, 7) is 2.99. The van der Waals surface area contributed by atoms with E-state index in [0.29, 0.717) is 18.8 Å². The molecule has 2 aromatic carbocycles. The summed E-state index contributed by atoms with van der Waals surface area (Å²) in [4.78, 5) is 27.0. The van der Waals surface area contributed by atoms with Gasteiger partial charge in [-0.25, -0.2) is 4.79 Å². The van der Waals surface area contributed by atoms with Crippen LogP contribution < -0.4 is 14.8 Å². The molecule has 6 heteroatoms. The average molecular weight is 380 g/mol. The van der Waals surface area contributed by atoms with E-state index >= 15 is 0 Å². The number of carbonyl (C=O) groups excluding carboxylic acids is 2. The van der Waals surface area contributed by atoms with E-state index in [9.17, 15) is 9.59 Å². The third-order valence-electron chi connectivity index (χ3n) is 5.37. The van der Waals surface area contributed by atoms with Crippen LogP contribution in [0.25, 0.3) is 0 Å². The Morgan fingerprint density at radius 1 is 1.04 bits per heavy atom. The van der Waals surface area contributed by atoms with Crippen molar-refractivity contribution in [2.24, 2.45) is 0 Å². The minimum Gasteiger partial charge on any atom is -0.494 e. The van der Waals surface area contributed by atoms with Crippen molar-refractivity contribution >= 4 is 11.9 Å². The van der Waals surface area contributed by atoms with E-state index in [2.05, 4.69) is 5.32 Å². The molecule has 0 aromatic heterocycles. The molecule has 3 amide bonds. The normalized spacial score (nSPS) is 20.8. The summed E-state index contributed by atoms with van der Waals surface area (Å²) in [5.41, 5.74) is 1.13. The monoisotopic (exact) mass is 380 g/mol. The molecule has 2 aliphatic rings. The van der Waals surface area contributed by atoms with Crippen LogP contribution in [0.3, 0.4) is 0 Å². The Labute approximate surface area is 164 Å². The lowest BCUT2D eigenvalue weighted by Crippen LogP contribution is -2.46. The van der Waals surface area contributed by atoms with E-state index < -0.39 is 5.54 Å². The lowest BCUT2D eigenvalue weighted by atomic mass is 9.76. The fraction of sp³-hybridized carbons (Fsp3) is 0.364. The Hall–Kier alpha value is -3.02. The van der Waals surface area contributed by atoms with Gasteiger partial charge >= 0.3 is 6.03 Å². The number of nitrogens with zero attached hydrogens (tertiary/aromatic N) is 1. The van der Waals surface area contributed by atoms with Gasteiger partial charge in [-0.1, -0.05) is 24.3 Å². The topological polar surface area (TPSA) is 67.9 Å². The summed E-state index contributed by atoms with van der Waals surface area (Å²) in [7, 11) is 0. The van der Waals surface area contributed by atoms with Crippen molar-refractivity contribution in [3.63, 3.8) is 0 Å². The van der Waals surface area contributed by atoms with E-state index in [-0.39, 0.29) is 25.1 Å². The summed E-state index contributed by atoms with van der Waals surface area (Å²) in [5, 5.41) is 2.96. The van der Waals surface area contributed by atoms with Crippen molar-refractivity contribution in [1.82, 2.24) is 10.2 Å². The van der Waals surface area contributed by atoms with Crippen molar-refractivity contribution in [3.8, 4) is 11.5 Å². The summed E-state index contributed by atoms with van der Waals surface area (Å²) >= 11 is 0. The molecule has 146 valence electrons. The Morgan fingerprint density at radius 2 is 1.75 bits per heavy atom. The van der Waals surface area contributed by atoms with Crippen LogP contribution in [0.1, 0.15) is 30.9 Å². The van der Waals surface area contributed by atoms with Crippen LogP contribution in [-0.2, 0) is 16.8 Å². The highest BCUT2D eigenvalue weighted by atomic mass is 16.5. The molecule has 1 heterocycles. The van der Waals surface area contributed by atoms with Crippen molar-refractivity contribution in [2.45, 2.75) is 31.7 Å². The van der Waals surface area contributed by atoms with Gasteiger partial charge in [-0.05, 0) is 61.6 Å². The number of aryl methyl sites for hydroxylation is 1. The summed E-state index contributed by atoms with van der Waals surface area (Å²) in [6.07, 6.45) is 2.44. The number of benzene rings is 2. The quantitative estimate of drug-likeness (QED) is 0.781. The molecule has 0 unspecified atom stereocenters. The van der Waals surface area contributed by atoms with Crippen molar-refractivity contribution in [1.29, 1.82) is 0 Å². The molecular formula is C22H24N2O4. The molecule has 1 atom stereocenters. The van der Waals surface area contributed by atoms with Crippen LogP contribution in [-0.4, -0.2) is 36.6 Å². The Kier molecular flexibility index (Phi) is 4.94. The number of urea groups is 1. The lowest BCUT2D eigenvalue weighted by molar-refractivity contribution is -0.132. The van der Waals surface area contributed by atoms with Gasteiger partial charge in [0.2, 0.25) is 0 Å². The molecule has 28 heavy (non-hydrogen) atoms. The Morgan fingerprint density at radius 3 is 2.50 bits per heavy atom. The molecule has 0 saturated carbocycles. The fourth-order valence-corrected chi connectivity index (χ4v) is 4.07. The van der Waals surface area contributed by atoms with Crippen LogP contribution in [0.2, 0.25) is 0 Å². The van der Waals surface area contributed by atoms with Gasteiger partial charge in [0.25, 0.3) is 5.91 Å². The highest BCUT2D eigenvalue weighted by Gasteiger charge is 2.53. The number of hydrogen-bond donors (Lipinski definition) is 1. The van der Waals surface area contributed by atoms with Gasteiger partial charge in [0.1, 0.15) is 23.6 Å².